The largest absolute Gasteiger partial charge is 0.491 e. The summed E-state index contributed by atoms with van der Waals surface area (Å²) in [5, 5.41) is 23.5. The zero-order valence-corrected chi connectivity index (χ0v) is 21.1. The summed E-state index contributed by atoms with van der Waals surface area (Å²) in [5.74, 6) is -1.88. The number of benzene rings is 2. The number of aryl methyl sites for hydroxylation is 1. The number of nitrogens with one attached hydrogen (secondary N) is 2. The zero-order chi connectivity index (χ0) is 26.7. The molecule has 0 saturated heterocycles. The van der Waals surface area contributed by atoms with Crippen LogP contribution >= 0.6 is 0 Å². The van der Waals surface area contributed by atoms with E-state index < -0.39 is 36.5 Å². The molecule has 9 heteroatoms. The van der Waals surface area contributed by atoms with Crippen LogP contribution < -0.4 is 21.1 Å². The van der Waals surface area contributed by atoms with E-state index in [4.69, 9.17) is 10.5 Å². The van der Waals surface area contributed by atoms with Crippen molar-refractivity contribution in [3.8, 4) is 5.75 Å². The van der Waals surface area contributed by atoms with Crippen LogP contribution in [-0.4, -0.2) is 59.3 Å². The van der Waals surface area contributed by atoms with E-state index in [1.165, 1.54) is 0 Å². The first-order valence-corrected chi connectivity index (χ1v) is 12.1. The molecule has 2 rings (SSSR count). The molecule has 0 spiro atoms. The Bertz CT molecular complexity index is 1010. The van der Waals surface area contributed by atoms with Crippen LogP contribution in [0, 0.1) is 5.92 Å². The van der Waals surface area contributed by atoms with Crippen LogP contribution in [0.2, 0.25) is 0 Å². The van der Waals surface area contributed by atoms with E-state index in [0.717, 1.165) is 17.5 Å². The summed E-state index contributed by atoms with van der Waals surface area (Å²) in [6.45, 7) is 5.55. The highest BCUT2D eigenvalue weighted by Crippen LogP contribution is 2.22. The number of ether oxygens (including phenoxy) is 1. The predicted molar refractivity (Wildman–Crippen MR) is 137 cm³/mol. The number of carboxylic acid groups (broad SMARTS) is 1. The maximum Gasteiger partial charge on any atom is 0.328 e. The van der Waals surface area contributed by atoms with Crippen molar-refractivity contribution in [3.63, 3.8) is 0 Å². The second kappa shape index (κ2) is 14.2. The molecule has 9 nitrogen and oxygen atoms in total. The van der Waals surface area contributed by atoms with Crippen LogP contribution in [0.1, 0.15) is 48.7 Å². The molecule has 0 fully saturated rings. The van der Waals surface area contributed by atoms with Gasteiger partial charge in [0, 0.05) is 12.5 Å². The van der Waals surface area contributed by atoms with E-state index in [1.807, 2.05) is 19.1 Å². The molecule has 2 aromatic rings. The third kappa shape index (κ3) is 8.98. The number of carbonyl (C=O) groups is 3. The van der Waals surface area contributed by atoms with Gasteiger partial charge in [0.1, 0.15) is 24.4 Å². The summed E-state index contributed by atoms with van der Waals surface area (Å²) < 4.78 is 5.90. The molecule has 3 atom stereocenters. The first-order chi connectivity index (χ1) is 17.1. The highest BCUT2D eigenvalue weighted by Gasteiger charge is 2.28. The molecule has 6 N–H and O–H groups in total. The van der Waals surface area contributed by atoms with Crippen molar-refractivity contribution < 1.29 is 29.3 Å². The van der Waals surface area contributed by atoms with Crippen LogP contribution in [0.15, 0.2) is 48.5 Å². The van der Waals surface area contributed by atoms with Crippen LogP contribution in [0.4, 0.5) is 0 Å². The quantitative estimate of drug-likeness (QED) is 0.266. The fourth-order valence-corrected chi connectivity index (χ4v) is 3.72. The number of carboxylic acids is 1. The van der Waals surface area contributed by atoms with Crippen molar-refractivity contribution in [1.29, 1.82) is 0 Å². The van der Waals surface area contributed by atoms with Gasteiger partial charge in [0.2, 0.25) is 5.91 Å². The number of aliphatic carboxylic acids is 1. The van der Waals surface area contributed by atoms with E-state index >= 15 is 0 Å². The summed E-state index contributed by atoms with van der Waals surface area (Å²) in [6.07, 6.45) is 1.58. The van der Waals surface area contributed by atoms with Gasteiger partial charge in [0.25, 0.3) is 5.91 Å². The molecule has 2 amide bonds. The highest BCUT2D eigenvalue weighted by atomic mass is 16.5. The van der Waals surface area contributed by atoms with E-state index in [9.17, 15) is 24.6 Å². The number of nitrogens with two attached hydrogens (primary N) is 1. The van der Waals surface area contributed by atoms with Gasteiger partial charge in [-0.05, 0) is 42.0 Å². The van der Waals surface area contributed by atoms with Crippen molar-refractivity contribution in [1.82, 2.24) is 10.6 Å². The van der Waals surface area contributed by atoms with Gasteiger partial charge in [-0.25, -0.2) is 4.79 Å². The number of hydrogen-bond acceptors (Lipinski definition) is 6. The van der Waals surface area contributed by atoms with Crippen molar-refractivity contribution in [2.45, 2.75) is 58.2 Å². The average molecular weight is 500 g/mol. The van der Waals surface area contributed by atoms with Gasteiger partial charge in [-0.1, -0.05) is 57.2 Å². The Balaban J connectivity index is 2.29. The standard InChI is InChI=1S/C27H37N3O6/c1-4-18-10-11-24(36-16-20(28)12-17(2)3)21(13-18)25(32)29-22(14-19-8-6-5-7-9-19)26(33)30-23(15-31)27(34)35/h5-11,13,17,20,22-23,31H,4,12,14-16,28H2,1-3H3,(H,29,32)(H,30,33)(H,34,35)/t20-,22-,23-/m0/s1. The number of carbonyl (C=O) groups excluding carboxylic acids is 2. The van der Waals surface area contributed by atoms with Gasteiger partial charge in [0.15, 0.2) is 0 Å². The Morgan fingerprint density at radius 2 is 1.69 bits per heavy atom. The van der Waals surface area contributed by atoms with E-state index in [2.05, 4.69) is 24.5 Å². The number of aliphatic hydroxyl groups is 1. The highest BCUT2D eigenvalue weighted by molar-refractivity contribution is 6.00. The van der Waals surface area contributed by atoms with Gasteiger partial charge < -0.3 is 31.3 Å². The molecule has 2 aromatic carbocycles. The van der Waals surface area contributed by atoms with Gasteiger partial charge in [-0.3, -0.25) is 9.59 Å². The lowest BCUT2D eigenvalue weighted by Gasteiger charge is -2.22. The Morgan fingerprint density at radius 3 is 2.28 bits per heavy atom. The van der Waals surface area contributed by atoms with E-state index in [0.29, 0.717) is 18.1 Å². The van der Waals surface area contributed by atoms with Crippen LogP contribution in [0.3, 0.4) is 0 Å². The summed E-state index contributed by atoms with van der Waals surface area (Å²) in [4.78, 5) is 37.7. The number of aliphatic hydroxyl groups excluding tert-OH is 1. The summed E-state index contributed by atoms with van der Waals surface area (Å²) >= 11 is 0. The molecule has 0 saturated carbocycles. The first-order valence-electron chi connectivity index (χ1n) is 12.1. The maximum absolute atomic E-state index is 13.4. The smallest absolute Gasteiger partial charge is 0.328 e. The summed E-state index contributed by atoms with van der Waals surface area (Å²) in [7, 11) is 0. The molecular weight excluding hydrogens is 462 g/mol. The molecule has 0 unspecified atom stereocenters. The fourth-order valence-electron chi connectivity index (χ4n) is 3.72. The van der Waals surface area contributed by atoms with Crippen molar-refractivity contribution in [3.05, 3.63) is 65.2 Å². The topological polar surface area (TPSA) is 151 Å². The van der Waals surface area contributed by atoms with Gasteiger partial charge in [-0.15, -0.1) is 0 Å². The van der Waals surface area contributed by atoms with E-state index in [-0.39, 0.29) is 24.6 Å². The Kier molecular flexibility index (Phi) is 11.4. The third-order valence-electron chi connectivity index (χ3n) is 5.63. The normalized spacial score (nSPS) is 13.5. The van der Waals surface area contributed by atoms with Crippen molar-refractivity contribution >= 4 is 17.8 Å². The molecule has 196 valence electrons. The minimum absolute atomic E-state index is 0.124. The molecule has 36 heavy (non-hydrogen) atoms. The molecule has 0 aromatic heterocycles. The number of hydrogen-bond donors (Lipinski definition) is 5. The lowest BCUT2D eigenvalue weighted by Crippen LogP contribution is -2.53. The fraction of sp³-hybridized carbons (Fsp3) is 0.444. The minimum atomic E-state index is -1.49. The zero-order valence-electron chi connectivity index (χ0n) is 21.1. The SMILES string of the molecule is CCc1ccc(OC[C@@H](N)CC(C)C)c(C(=O)N[C@@H](Cc2ccccc2)C(=O)N[C@@H](CO)C(=O)O)c1. The lowest BCUT2D eigenvalue weighted by atomic mass is 10.0. The second-order valence-corrected chi connectivity index (χ2v) is 9.18. The van der Waals surface area contributed by atoms with E-state index in [1.54, 1.807) is 36.4 Å². The Hall–Kier alpha value is -3.43. The molecule has 0 bridgehead atoms. The van der Waals surface area contributed by atoms with Gasteiger partial charge in [0.05, 0.1) is 12.2 Å². The summed E-state index contributed by atoms with van der Waals surface area (Å²) in [6, 6.07) is 11.6. The molecule has 0 aliphatic carbocycles. The molecule has 0 aliphatic heterocycles. The first kappa shape index (κ1) is 28.8. The minimum Gasteiger partial charge on any atom is -0.491 e. The van der Waals surface area contributed by atoms with Crippen LogP contribution in [0.5, 0.6) is 5.75 Å². The van der Waals surface area contributed by atoms with Crippen LogP contribution in [-0.2, 0) is 22.4 Å². The number of rotatable bonds is 14. The monoisotopic (exact) mass is 499 g/mol. The van der Waals surface area contributed by atoms with Gasteiger partial charge >= 0.3 is 5.97 Å². The van der Waals surface area contributed by atoms with Crippen molar-refractivity contribution in [2.75, 3.05) is 13.2 Å². The predicted octanol–water partition coefficient (Wildman–Crippen LogP) is 1.90. The van der Waals surface area contributed by atoms with Gasteiger partial charge in [-0.2, -0.15) is 0 Å². The average Bonchev–Trinajstić information content (AvgIpc) is 2.85. The van der Waals surface area contributed by atoms with Crippen molar-refractivity contribution in [2.24, 2.45) is 11.7 Å². The molecule has 0 radical (unpaired) electrons. The number of amides is 2. The van der Waals surface area contributed by atoms with Crippen LogP contribution in [0.25, 0.3) is 0 Å². The molecule has 0 heterocycles. The lowest BCUT2D eigenvalue weighted by molar-refractivity contribution is -0.143. The molecular formula is C27H37N3O6. The Labute approximate surface area is 212 Å². The maximum atomic E-state index is 13.4. The second-order valence-electron chi connectivity index (χ2n) is 9.18. The third-order valence-corrected chi connectivity index (χ3v) is 5.63. The molecule has 0 aliphatic rings. The summed E-state index contributed by atoms with van der Waals surface area (Å²) in [5.41, 5.74) is 8.09. The Morgan fingerprint density at radius 1 is 1.00 bits per heavy atom.